The van der Waals surface area contributed by atoms with Crippen LogP contribution in [0.1, 0.15) is 37.6 Å². The van der Waals surface area contributed by atoms with E-state index in [-0.39, 0.29) is 0 Å². The van der Waals surface area contributed by atoms with Gasteiger partial charge >= 0.3 is 6.18 Å². The minimum Gasteiger partial charge on any atom is -0.259 e. The first-order valence-corrected chi connectivity index (χ1v) is 4.64. The molecule has 0 radical (unpaired) electrons. The van der Waals surface area contributed by atoms with E-state index < -0.39 is 22.7 Å². The Morgan fingerprint density at radius 3 is 2.19 bits per heavy atom. The van der Waals surface area contributed by atoms with E-state index >= 15 is 0 Å². The van der Waals surface area contributed by atoms with Gasteiger partial charge in [-0.2, -0.15) is 18.4 Å². The van der Waals surface area contributed by atoms with Crippen molar-refractivity contribution in [3.63, 3.8) is 0 Å². The lowest BCUT2D eigenvalue weighted by molar-refractivity contribution is -0.137. The number of nitrogens with zero attached hydrogens (tertiary/aromatic N) is 2. The fourth-order valence-corrected chi connectivity index (χ4v) is 1.19. The summed E-state index contributed by atoms with van der Waals surface area (Å²) in [6.45, 7) is 5.30. The molecule has 0 bridgehead atoms. The Bertz CT molecular complexity index is 436. The van der Waals surface area contributed by atoms with Crippen LogP contribution in [0.3, 0.4) is 0 Å². The molecule has 1 rings (SSSR count). The molecule has 0 saturated carbocycles. The standard InChI is InChI=1S/C11H11F3N2/c1-10(2,3)9-4-8(11(12,13)14)7(5-15)6-16-9/h4,6H,1-3H3. The van der Waals surface area contributed by atoms with Gasteiger partial charge in [0, 0.05) is 17.3 Å². The van der Waals surface area contributed by atoms with E-state index in [0.29, 0.717) is 5.69 Å². The molecule has 5 heteroatoms. The molecule has 0 unspecified atom stereocenters. The highest BCUT2D eigenvalue weighted by Crippen LogP contribution is 2.33. The largest absolute Gasteiger partial charge is 0.417 e. The van der Waals surface area contributed by atoms with Crippen molar-refractivity contribution in [2.45, 2.75) is 32.4 Å². The molecular weight excluding hydrogens is 217 g/mol. The quantitative estimate of drug-likeness (QED) is 0.683. The van der Waals surface area contributed by atoms with E-state index in [2.05, 4.69) is 4.98 Å². The zero-order chi connectivity index (χ0) is 12.6. The summed E-state index contributed by atoms with van der Waals surface area (Å²) in [5.41, 5.74) is -1.53. The third-order valence-electron chi connectivity index (χ3n) is 2.10. The van der Waals surface area contributed by atoms with Gasteiger partial charge < -0.3 is 0 Å². The van der Waals surface area contributed by atoms with Gasteiger partial charge in [-0.3, -0.25) is 4.98 Å². The molecule has 0 N–H and O–H groups in total. The zero-order valence-corrected chi connectivity index (χ0v) is 9.18. The Labute approximate surface area is 91.7 Å². The van der Waals surface area contributed by atoms with E-state index in [9.17, 15) is 13.2 Å². The van der Waals surface area contributed by atoms with E-state index in [1.165, 1.54) is 6.07 Å². The highest BCUT2D eigenvalue weighted by atomic mass is 19.4. The van der Waals surface area contributed by atoms with Gasteiger partial charge in [-0.1, -0.05) is 20.8 Å². The summed E-state index contributed by atoms with van der Waals surface area (Å²) in [5, 5.41) is 8.59. The second-order valence-electron chi connectivity index (χ2n) is 4.47. The van der Waals surface area contributed by atoms with Crippen molar-refractivity contribution in [1.82, 2.24) is 4.98 Å². The van der Waals surface area contributed by atoms with Gasteiger partial charge in [0.05, 0.1) is 11.1 Å². The second kappa shape index (κ2) is 3.78. The number of rotatable bonds is 0. The lowest BCUT2D eigenvalue weighted by Crippen LogP contribution is -2.17. The summed E-state index contributed by atoms with van der Waals surface area (Å²) in [6, 6.07) is 2.44. The first kappa shape index (κ1) is 12.5. The van der Waals surface area contributed by atoms with Gasteiger partial charge in [-0.05, 0) is 6.07 Å². The first-order chi connectivity index (χ1) is 7.16. The van der Waals surface area contributed by atoms with Crippen LogP contribution >= 0.6 is 0 Å². The molecule has 0 fully saturated rings. The molecule has 1 aromatic rings. The van der Waals surface area contributed by atoms with Gasteiger partial charge in [-0.25, -0.2) is 0 Å². The predicted octanol–water partition coefficient (Wildman–Crippen LogP) is 3.27. The molecule has 0 aromatic carbocycles. The lowest BCUT2D eigenvalue weighted by atomic mass is 9.90. The Kier molecular flexibility index (Phi) is 2.95. The molecule has 0 atom stereocenters. The minimum absolute atomic E-state index is 0.318. The third kappa shape index (κ3) is 2.51. The molecule has 0 amide bonds. The highest BCUT2D eigenvalue weighted by Gasteiger charge is 2.35. The summed E-state index contributed by atoms with van der Waals surface area (Å²) < 4.78 is 37.9. The normalized spacial score (nSPS) is 12.3. The monoisotopic (exact) mass is 228 g/mol. The fraction of sp³-hybridized carbons (Fsp3) is 0.455. The van der Waals surface area contributed by atoms with Gasteiger partial charge in [0.15, 0.2) is 0 Å². The average molecular weight is 228 g/mol. The number of nitriles is 1. The van der Waals surface area contributed by atoms with Gasteiger partial charge in [0.2, 0.25) is 0 Å². The molecule has 0 spiro atoms. The van der Waals surface area contributed by atoms with Gasteiger partial charge in [0.1, 0.15) is 6.07 Å². The maximum atomic E-state index is 12.6. The number of aromatic nitrogens is 1. The maximum absolute atomic E-state index is 12.6. The summed E-state index contributed by atoms with van der Waals surface area (Å²) >= 11 is 0. The van der Waals surface area contributed by atoms with Crippen LogP contribution in [0.4, 0.5) is 13.2 Å². The molecule has 1 aromatic heterocycles. The van der Waals surface area contributed by atoms with Gasteiger partial charge in [-0.15, -0.1) is 0 Å². The van der Waals surface area contributed by atoms with Crippen LogP contribution in [0.15, 0.2) is 12.3 Å². The fourth-order valence-electron chi connectivity index (χ4n) is 1.19. The van der Waals surface area contributed by atoms with E-state index in [0.717, 1.165) is 12.3 Å². The van der Waals surface area contributed by atoms with Crippen LogP contribution in [0.25, 0.3) is 0 Å². The summed E-state index contributed by atoms with van der Waals surface area (Å²) in [4.78, 5) is 3.87. The Morgan fingerprint density at radius 2 is 1.81 bits per heavy atom. The molecule has 2 nitrogen and oxygen atoms in total. The van der Waals surface area contributed by atoms with Crippen molar-refractivity contribution in [3.8, 4) is 6.07 Å². The number of halogens is 3. The first-order valence-electron chi connectivity index (χ1n) is 4.64. The SMILES string of the molecule is CC(C)(C)c1cc(C(F)(F)F)c(C#N)cn1. The average Bonchev–Trinajstić information content (AvgIpc) is 2.14. The molecule has 0 aliphatic carbocycles. The summed E-state index contributed by atoms with van der Waals surface area (Å²) in [5.74, 6) is 0. The third-order valence-corrected chi connectivity index (χ3v) is 2.10. The smallest absolute Gasteiger partial charge is 0.259 e. The Balaban J connectivity index is 3.41. The molecule has 0 aliphatic rings. The van der Waals surface area contributed by atoms with Gasteiger partial charge in [0.25, 0.3) is 0 Å². The van der Waals surface area contributed by atoms with Crippen LogP contribution in [0.5, 0.6) is 0 Å². The van der Waals surface area contributed by atoms with Crippen LogP contribution in [-0.2, 0) is 11.6 Å². The number of alkyl halides is 3. The molecule has 86 valence electrons. The minimum atomic E-state index is -4.52. The van der Waals surface area contributed by atoms with Crippen LogP contribution in [0.2, 0.25) is 0 Å². The van der Waals surface area contributed by atoms with Crippen LogP contribution < -0.4 is 0 Å². The highest BCUT2D eigenvalue weighted by molar-refractivity contribution is 5.39. The zero-order valence-electron chi connectivity index (χ0n) is 9.18. The molecule has 0 saturated heterocycles. The van der Waals surface area contributed by atoms with Crippen LogP contribution in [0, 0.1) is 11.3 Å². The van der Waals surface area contributed by atoms with E-state index in [4.69, 9.17) is 5.26 Å². The predicted molar refractivity (Wildman–Crippen MR) is 52.7 cm³/mol. The van der Waals surface area contributed by atoms with Crippen molar-refractivity contribution in [1.29, 1.82) is 5.26 Å². The second-order valence-corrected chi connectivity index (χ2v) is 4.47. The van der Waals surface area contributed by atoms with Crippen molar-refractivity contribution in [3.05, 3.63) is 29.1 Å². The van der Waals surface area contributed by atoms with E-state index in [1.807, 2.05) is 0 Å². The summed E-state index contributed by atoms with van der Waals surface area (Å²) in [6.07, 6.45) is -3.54. The van der Waals surface area contributed by atoms with Crippen molar-refractivity contribution in [2.24, 2.45) is 0 Å². The molecule has 1 heterocycles. The maximum Gasteiger partial charge on any atom is 0.417 e. The lowest BCUT2D eigenvalue weighted by Gasteiger charge is -2.19. The number of hydrogen-bond donors (Lipinski definition) is 0. The van der Waals surface area contributed by atoms with Crippen molar-refractivity contribution >= 4 is 0 Å². The summed E-state index contributed by atoms with van der Waals surface area (Å²) in [7, 11) is 0. The topological polar surface area (TPSA) is 36.7 Å². The number of pyridine rings is 1. The van der Waals surface area contributed by atoms with Crippen molar-refractivity contribution < 1.29 is 13.2 Å². The van der Waals surface area contributed by atoms with Crippen LogP contribution in [-0.4, -0.2) is 4.98 Å². The molecular formula is C11H11F3N2. The van der Waals surface area contributed by atoms with E-state index in [1.54, 1.807) is 20.8 Å². The van der Waals surface area contributed by atoms with Crippen molar-refractivity contribution in [2.75, 3.05) is 0 Å². The molecule has 16 heavy (non-hydrogen) atoms. The number of hydrogen-bond acceptors (Lipinski definition) is 2. The Hall–Kier alpha value is -1.57. The Morgan fingerprint density at radius 1 is 1.25 bits per heavy atom. The molecule has 0 aliphatic heterocycles.